The molecule has 0 saturated heterocycles. The first-order valence-electron chi connectivity index (χ1n) is 10.4. The van der Waals surface area contributed by atoms with Crippen LogP contribution < -0.4 is 10.6 Å². The molecule has 7 nitrogen and oxygen atoms in total. The third kappa shape index (κ3) is 5.81. The number of amides is 2. The highest BCUT2D eigenvalue weighted by Gasteiger charge is 2.23. The third-order valence-corrected chi connectivity index (χ3v) is 6.38. The Hall–Kier alpha value is -2.42. The number of hydrogen-bond acceptors (Lipinski definition) is 5. The van der Waals surface area contributed by atoms with Crippen LogP contribution in [0.25, 0.3) is 0 Å². The van der Waals surface area contributed by atoms with Gasteiger partial charge in [-0.2, -0.15) is 0 Å². The van der Waals surface area contributed by atoms with Gasteiger partial charge in [0.1, 0.15) is 5.82 Å². The summed E-state index contributed by atoms with van der Waals surface area (Å²) in [6.45, 7) is 4.97. The molecule has 2 amide bonds. The maximum Gasteiger partial charge on any atom is 0.251 e. The van der Waals surface area contributed by atoms with E-state index in [4.69, 9.17) is 0 Å². The molecule has 2 aromatic rings. The predicted molar refractivity (Wildman–Crippen MR) is 114 cm³/mol. The monoisotopic (exact) mass is 433 g/mol. The van der Waals surface area contributed by atoms with Gasteiger partial charge in [-0.05, 0) is 49.9 Å². The summed E-state index contributed by atoms with van der Waals surface area (Å²) in [6, 6.07) is 5.62. The Bertz CT molecular complexity index is 871. The third-order valence-electron chi connectivity index (χ3n) is 5.41. The van der Waals surface area contributed by atoms with Crippen LogP contribution in [0.2, 0.25) is 0 Å². The molecule has 2 N–H and O–H groups in total. The van der Waals surface area contributed by atoms with Crippen molar-refractivity contribution in [3.05, 3.63) is 41.5 Å². The number of aromatic nitrogens is 3. The minimum Gasteiger partial charge on any atom is -0.352 e. The van der Waals surface area contributed by atoms with E-state index >= 15 is 0 Å². The van der Waals surface area contributed by atoms with Gasteiger partial charge in [0.2, 0.25) is 5.91 Å². The number of halogens is 1. The van der Waals surface area contributed by atoms with E-state index in [-0.39, 0.29) is 36.0 Å². The number of thioether (sulfide) groups is 1. The van der Waals surface area contributed by atoms with Crippen molar-refractivity contribution in [2.75, 3.05) is 5.75 Å². The van der Waals surface area contributed by atoms with Crippen LogP contribution in [-0.4, -0.2) is 38.4 Å². The normalized spacial score (nSPS) is 18.8. The Labute approximate surface area is 180 Å². The molecule has 1 heterocycles. The number of carbonyl (C=O) groups is 2. The number of benzene rings is 1. The van der Waals surface area contributed by atoms with Gasteiger partial charge in [-0.3, -0.25) is 9.59 Å². The summed E-state index contributed by atoms with van der Waals surface area (Å²) in [4.78, 5) is 24.6. The summed E-state index contributed by atoms with van der Waals surface area (Å²) in [5, 5.41) is 14.9. The van der Waals surface area contributed by atoms with Crippen molar-refractivity contribution in [3.8, 4) is 0 Å². The fourth-order valence-electron chi connectivity index (χ4n) is 3.65. The molecule has 2 atom stereocenters. The van der Waals surface area contributed by atoms with E-state index in [2.05, 4.69) is 27.8 Å². The number of rotatable bonds is 8. The number of carbonyl (C=O) groups excluding carboxylic acids is 2. The van der Waals surface area contributed by atoms with Crippen molar-refractivity contribution in [1.29, 1.82) is 0 Å². The van der Waals surface area contributed by atoms with Gasteiger partial charge in [0, 0.05) is 18.2 Å². The van der Waals surface area contributed by atoms with Crippen molar-refractivity contribution in [2.45, 2.75) is 63.8 Å². The van der Waals surface area contributed by atoms with Crippen molar-refractivity contribution in [3.63, 3.8) is 0 Å². The summed E-state index contributed by atoms with van der Waals surface area (Å²) >= 11 is 1.35. The molecular formula is C21H28FN5O2S. The van der Waals surface area contributed by atoms with E-state index in [0.717, 1.165) is 12.8 Å². The van der Waals surface area contributed by atoms with Gasteiger partial charge < -0.3 is 15.2 Å². The Morgan fingerprint density at radius 1 is 1.20 bits per heavy atom. The quantitative estimate of drug-likeness (QED) is 0.625. The van der Waals surface area contributed by atoms with Crippen LogP contribution in [0.4, 0.5) is 4.39 Å². The van der Waals surface area contributed by atoms with E-state index in [0.29, 0.717) is 29.0 Å². The number of nitrogens with one attached hydrogen (secondary N) is 2. The maximum absolute atomic E-state index is 13.0. The van der Waals surface area contributed by atoms with E-state index < -0.39 is 0 Å². The Morgan fingerprint density at radius 2 is 1.93 bits per heavy atom. The highest BCUT2D eigenvalue weighted by molar-refractivity contribution is 7.99. The van der Waals surface area contributed by atoms with Crippen molar-refractivity contribution in [2.24, 2.45) is 5.92 Å². The smallest absolute Gasteiger partial charge is 0.251 e. The SMILES string of the molecule is CCn1c(CNC(=O)c2ccc(F)cc2)nnc1SCC(=O)N[C@@H]1CCCC[C@H]1C. The lowest BCUT2D eigenvalue weighted by Gasteiger charge is -2.29. The molecule has 3 rings (SSSR count). The zero-order valence-electron chi connectivity index (χ0n) is 17.4. The van der Waals surface area contributed by atoms with E-state index in [1.165, 1.54) is 48.9 Å². The van der Waals surface area contributed by atoms with Gasteiger partial charge in [-0.1, -0.05) is 31.5 Å². The van der Waals surface area contributed by atoms with Gasteiger partial charge in [-0.25, -0.2) is 4.39 Å². The predicted octanol–water partition coefficient (Wildman–Crippen LogP) is 3.15. The zero-order chi connectivity index (χ0) is 21.5. The summed E-state index contributed by atoms with van der Waals surface area (Å²) in [5.74, 6) is 0.718. The molecule has 0 aliphatic heterocycles. The summed E-state index contributed by atoms with van der Waals surface area (Å²) in [5.41, 5.74) is 0.377. The molecule has 1 aliphatic rings. The Balaban J connectivity index is 1.52. The topological polar surface area (TPSA) is 88.9 Å². The molecule has 9 heteroatoms. The standard InChI is InChI=1S/C21H28FN5O2S/c1-3-27-18(12-23-20(29)15-8-10-16(22)11-9-15)25-26-21(27)30-13-19(28)24-17-7-5-4-6-14(17)2/h8-11,14,17H,3-7,12-13H2,1-2H3,(H,23,29)(H,24,28)/t14-,17-/m1/s1. The van der Waals surface area contributed by atoms with Crippen LogP contribution in [0.1, 0.15) is 55.7 Å². The second-order valence-corrected chi connectivity index (χ2v) is 8.50. The van der Waals surface area contributed by atoms with Crippen molar-refractivity contribution in [1.82, 2.24) is 25.4 Å². The fourth-order valence-corrected chi connectivity index (χ4v) is 4.48. The highest BCUT2D eigenvalue weighted by Crippen LogP contribution is 2.24. The first-order chi connectivity index (χ1) is 14.5. The number of nitrogens with zero attached hydrogens (tertiary/aromatic N) is 3. The highest BCUT2D eigenvalue weighted by atomic mass is 32.2. The van der Waals surface area contributed by atoms with Crippen LogP contribution in [-0.2, 0) is 17.9 Å². The molecule has 0 radical (unpaired) electrons. The van der Waals surface area contributed by atoms with Gasteiger partial charge in [0.05, 0.1) is 12.3 Å². The van der Waals surface area contributed by atoms with Crippen molar-refractivity contribution >= 4 is 23.6 Å². The molecular weight excluding hydrogens is 405 g/mol. The average molecular weight is 434 g/mol. The molecule has 162 valence electrons. The van der Waals surface area contributed by atoms with E-state index in [1.54, 1.807) is 0 Å². The van der Waals surface area contributed by atoms with E-state index in [9.17, 15) is 14.0 Å². The summed E-state index contributed by atoms with van der Waals surface area (Å²) in [7, 11) is 0. The second-order valence-electron chi connectivity index (χ2n) is 7.56. The fraction of sp³-hybridized carbons (Fsp3) is 0.524. The lowest BCUT2D eigenvalue weighted by molar-refractivity contribution is -0.119. The van der Waals surface area contributed by atoms with Crippen LogP contribution >= 0.6 is 11.8 Å². The summed E-state index contributed by atoms with van der Waals surface area (Å²) < 4.78 is 14.9. The molecule has 0 bridgehead atoms. The maximum atomic E-state index is 13.0. The van der Waals surface area contributed by atoms with Crippen LogP contribution in [0.5, 0.6) is 0 Å². The Morgan fingerprint density at radius 3 is 2.63 bits per heavy atom. The minimum absolute atomic E-state index is 0.00978. The van der Waals surface area contributed by atoms with Gasteiger partial charge in [0.25, 0.3) is 5.91 Å². The Kier molecular flexibility index (Phi) is 7.84. The zero-order valence-corrected chi connectivity index (χ0v) is 18.2. The molecule has 1 saturated carbocycles. The lowest BCUT2D eigenvalue weighted by Crippen LogP contribution is -2.41. The van der Waals surface area contributed by atoms with Gasteiger partial charge in [0.15, 0.2) is 11.0 Å². The van der Waals surface area contributed by atoms with E-state index in [1.807, 2.05) is 11.5 Å². The molecule has 1 aromatic heterocycles. The average Bonchev–Trinajstić information content (AvgIpc) is 3.14. The summed E-state index contributed by atoms with van der Waals surface area (Å²) in [6.07, 6.45) is 4.61. The van der Waals surface area contributed by atoms with Gasteiger partial charge >= 0.3 is 0 Å². The molecule has 1 aromatic carbocycles. The molecule has 0 spiro atoms. The van der Waals surface area contributed by atoms with Crippen LogP contribution in [0.3, 0.4) is 0 Å². The lowest BCUT2D eigenvalue weighted by atomic mass is 9.86. The molecule has 0 unspecified atom stereocenters. The molecule has 30 heavy (non-hydrogen) atoms. The van der Waals surface area contributed by atoms with Crippen LogP contribution in [0, 0.1) is 11.7 Å². The second kappa shape index (κ2) is 10.6. The first-order valence-corrected chi connectivity index (χ1v) is 11.3. The molecule has 1 fully saturated rings. The van der Waals surface area contributed by atoms with Crippen molar-refractivity contribution < 1.29 is 14.0 Å². The molecule has 1 aliphatic carbocycles. The van der Waals surface area contributed by atoms with Crippen LogP contribution in [0.15, 0.2) is 29.4 Å². The minimum atomic E-state index is -0.388. The number of hydrogen-bond donors (Lipinski definition) is 2. The largest absolute Gasteiger partial charge is 0.352 e. The first kappa shape index (κ1) is 22.3. The van der Waals surface area contributed by atoms with Gasteiger partial charge in [-0.15, -0.1) is 10.2 Å².